The summed E-state index contributed by atoms with van der Waals surface area (Å²) in [5.41, 5.74) is 1.12. The van der Waals surface area contributed by atoms with E-state index in [4.69, 9.17) is 9.47 Å². The molecule has 1 aromatic carbocycles. The van der Waals surface area contributed by atoms with Gasteiger partial charge in [0.05, 0.1) is 6.61 Å². The minimum Gasteiger partial charge on any atom is -0.491 e. The quantitative estimate of drug-likeness (QED) is 0.620. The van der Waals surface area contributed by atoms with Gasteiger partial charge in [0.15, 0.2) is 0 Å². The van der Waals surface area contributed by atoms with Gasteiger partial charge in [0.25, 0.3) is 0 Å². The van der Waals surface area contributed by atoms with E-state index >= 15 is 0 Å². The lowest BCUT2D eigenvalue weighted by molar-refractivity contribution is 0.0885. The number of aliphatic hydroxyl groups is 1. The van der Waals surface area contributed by atoms with E-state index < -0.39 is 6.10 Å². The molecule has 1 aromatic rings. The van der Waals surface area contributed by atoms with Gasteiger partial charge in [-0.1, -0.05) is 25.8 Å². The number of β-amino-alcohol motifs (C(OH)–C–C–N with tert-alkyl or cyclic N) is 1. The molecule has 6 heteroatoms. The first kappa shape index (κ1) is 20.4. The molecule has 0 amide bonds. The molecule has 0 aromatic heterocycles. The maximum Gasteiger partial charge on any atom is 0.119 e. The second-order valence-electron chi connectivity index (χ2n) is 7.20. The van der Waals surface area contributed by atoms with Crippen LogP contribution in [0.15, 0.2) is 24.3 Å². The first-order chi connectivity index (χ1) is 11.9. The fourth-order valence-corrected chi connectivity index (χ4v) is 3.54. The molecule has 0 saturated carbocycles. The van der Waals surface area contributed by atoms with Gasteiger partial charge in [0.1, 0.15) is 18.5 Å². The molecule has 25 heavy (non-hydrogen) atoms. The number of hydrogen-bond acceptors (Lipinski definition) is 6. The molecule has 1 aliphatic rings. The Bertz CT molecular complexity index is 504. The standard InChI is InChI=1S/C19H32N2O3S/c1-15(2)11-19(9-10-23-14-19)20-12-17(22)13-24-18-7-5-16(6-8-18)21(3)25-4/h5-8,15,17,20,22H,9-14H2,1-4H3. The summed E-state index contributed by atoms with van der Waals surface area (Å²) in [6, 6.07) is 7.91. The predicted octanol–water partition coefficient (Wildman–Crippen LogP) is 2.94. The molecular formula is C19H32N2O3S. The number of hydrogen-bond donors (Lipinski definition) is 2. The average Bonchev–Trinajstić information content (AvgIpc) is 3.06. The minimum absolute atomic E-state index is 0.000795. The number of benzene rings is 1. The third-order valence-corrected chi connectivity index (χ3v) is 5.29. The second kappa shape index (κ2) is 9.67. The summed E-state index contributed by atoms with van der Waals surface area (Å²) in [5.74, 6) is 1.37. The highest BCUT2D eigenvalue weighted by molar-refractivity contribution is 7.99. The maximum atomic E-state index is 10.3. The van der Waals surface area contributed by atoms with Crippen molar-refractivity contribution in [2.45, 2.75) is 38.3 Å². The zero-order chi connectivity index (χ0) is 18.3. The van der Waals surface area contributed by atoms with Crippen LogP contribution in [0.5, 0.6) is 5.75 Å². The molecule has 2 atom stereocenters. The van der Waals surface area contributed by atoms with Crippen molar-refractivity contribution in [2.24, 2.45) is 5.92 Å². The number of anilines is 1. The predicted molar refractivity (Wildman–Crippen MR) is 105 cm³/mol. The molecule has 5 nitrogen and oxygen atoms in total. The number of nitrogens with one attached hydrogen (secondary N) is 1. The summed E-state index contributed by atoms with van der Waals surface area (Å²) in [6.45, 7) is 6.76. The maximum absolute atomic E-state index is 10.3. The summed E-state index contributed by atoms with van der Waals surface area (Å²) in [4.78, 5) is 0. The fraction of sp³-hybridized carbons (Fsp3) is 0.684. The Balaban J connectivity index is 1.77. The summed E-state index contributed by atoms with van der Waals surface area (Å²) in [6.07, 6.45) is 3.56. The van der Waals surface area contributed by atoms with E-state index in [1.54, 1.807) is 11.9 Å². The Morgan fingerprint density at radius 2 is 2.08 bits per heavy atom. The molecule has 1 heterocycles. The largest absolute Gasteiger partial charge is 0.491 e. The first-order valence-corrected chi connectivity index (χ1v) is 10.1. The van der Waals surface area contributed by atoms with Crippen LogP contribution < -0.4 is 14.4 Å². The van der Waals surface area contributed by atoms with Crippen LogP contribution >= 0.6 is 11.9 Å². The molecular weight excluding hydrogens is 336 g/mol. The summed E-state index contributed by atoms with van der Waals surface area (Å²) < 4.78 is 13.4. The van der Waals surface area contributed by atoms with Crippen molar-refractivity contribution < 1.29 is 14.6 Å². The van der Waals surface area contributed by atoms with Crippen LogP contribution in [0.4, 0.5) is 5.69 Å². The number of nitrogens with zero attached hydrogens (tertiary/aromatic N) is 1. The first-order valence-electron chi connectivity index (χ1n) is 8.96. The zero-order valence-electron chi connectivity index (χ0n) is 15.8. The van der Waals surface area contributed by atoms with Gasteiger partial charge in [0, 0.05) is 37.7 Å². The van der Waals surface area contributed by atoms with Gasteiger partial charge < -0.3 is 24.2 Å². The third kappa shape index (κ3) is 6.37. The number of aliphatic hydroxyl groups excluding tert-OH is 1. The second-order valence-corrected chi connectivity index (χ2v) is 8.11. The molecule has 0 aliphatic carbocycles. The Labute approximate surface area is 156 Å². The number of ether oxygens (including phenoxy) is 2. The van der Waals surface area contributed by atoms with Crippen molar-refractivity contribution in [3.8, 4) is 5.75 Å². The average molecular weight is 369 g/mol. The van der Waals surface area contributed by atoms with Crippen LogP contribution in [0, 0.1) is 5.92 Å². The van der Waals surface area contributed by atoms with Crippen LogP contribution in [0.3, 0.4) is 0 Å². The molecule has 0 radical (unpaired) electrons. The van der Waals surface area contributed by atoms with Crippen molar-refractivity contribution in [3.63, 3.8) is 0 Å². The van der Waals surface area contributed by atoms with E-state index in [9.17, 15) is 5.11 Å². The van der Waals surface area contributed by atoms with Gasteiger partial charge >= 0.3 is 0 Å². The Kier molecular flexibility index (Phi) is 7.87. The Morgan fingerprint density at radius 3 is 2.64 bits per heavy atom. The Morgan fingerprint density at radius 1 is 1.36 bits per heavy atom. The normalized spacial score (nSPS) is 21.5. The molecule has 142 valence electrons. The third-order valence-electron chi connectivity index (χ3n) is 4.53. The zero-order valence-corrected chi connectivity index (χ0v) is 16.6. The van der Waals surface area contributed by atoms with E-state index in [1.165, 1.54) is 0 Å². The lowest BCUT2D eigenvalue weighted by Crippen LogP contribution is -2.50. The summed E-state index contributed by atoms with van der Waals surface area (Å²) in [7, 11) is 2.02. The Hall–Kier alpha value is -0.950. The van der Waals surface area contributed by atoms with Crippen molar-refractivity contribution in [3.05, 3.63) is 24.3 Å². The summed E-state index contributed by atoms with van der Waals surface area (Å²) >= 11 is 1.66. The monoisotopic (exact) mass is 368 g/mol. The fourth-order valence-electron chi connectivity index (χ4n) is 3.20. The molecule has 2 unspecified atom stereocenters. The molecule has 0 bridgehead atoms. The van der Waals surface area contributed by atoms with E-state index in [0.29, 0.717) is 12.5 Å². The van der Waals surface area contributed by atoms with Crippen molar-refractivity contribution in [2.75, 3.05) is 44.0 Å². The molecule has 0 spiro atoms. The van der Waals surface area contributed by atoms with Gasteiger partial charge in [-0.2, -0.15) is 0 Å². The van der Waals surface area contributed by atoms with Crippen molar-refractivity contribution in [1.82, 2.24) is 5.32 Å². The highest BCUT2D eigenvalue weighted by Gasteiger charge is 2.35. The van der Waals surface area contributed by atoms with Crippen LogP contribution in [-0.4, -0.2) is 56.4 Å². The van der Waals surface area contributed by atoms with Gasteiger partial charge in [-0.15, -0.1) is 0 Å². The van der Waals surface area contributed by atoms with Gasteiger partial charge in [0.2, 0.25) is 0 Å². The molecule has 2 N–H and O–H groups in total. The molecule has 1 saturated heterocycles. The minimum atomic E-state index is -0.543. The number of rotatable bonds is 10. The summed E-state index contributed by atoms with van der Waals surface area (Å²) in [5, 5.41) is 13.8. The smallest absolute Gasteiger partial charge is 0.119 e. The lowest BCUT2D eigenvalue weighted by atomic mass is 9.88. The van der Waals surface area contributed by atoms with Gasteiger partial charge in [-0.3, -0.25) is 0 Å². The SMILES string of the molecule is CSN(C)c1ccc(OCC(O)CNC2(CC(C)C)CCOC2)cc1. The van der Waals surface area contributed by atoms with E-state index in [1.807, 2.05) is 37.6 Å². The lowest BCUT2D eigenvalue weighted by Gasteiger charge is -2.31. The molecule has 1 fully saturated rings. The van der Waals surface area contributed by atoms with E-state index in [2.05, 4.69) is 23.5 Å². The molecule has 2 rings (SSSR count). The van der Waals surface area contributed by atoms with Crippen LogP contribution in [0.2, 0.25) is 0 Å². The topological polar surface area (TPSA) is 54.0 Å². The highest BCUT2D eigenvalue weighted by Crippen LogP contribution is 2.26. The van der Waals surface area contributed by atoms with E-state index in [0.717, 1.165) is 37.5 Å². The van der Waals surface area contributed by atoms with Crippen molar-refractivity contribution >= 4 is 17.6 Å². The van der Waals surface area contributed by atoms with Crippen LogP contribution in [0.25, 0.3) is 0 Å². The van der Waals surface area contributed by atoms with Gasteiger partial charge in [-0.05, 0) is 43.0 Å². The van der Waals surface area contributed by atoms with E-state index in [-0.39, 0.29) is 12.1 Å². The van der Waals surface area contributed by atoms with Crippen LogP contribution in [0.1, 0.15) is 26.7 Å². The van der Waals surface area contributed by atoms with Gasteiger partial charge in [-0.25, -0.2) is 0 Å². The highest BCUT2D eigenvalue weighted by atomic mass is 32.2. The van der Waals surface area contributed by atoms with Crippen molar-refractivity contribution in [1.29, 1.82) is 0 Å². The van der Waals surface area contributed by atoms with Crippen LogP contribution in [-0.2, 0) is 4.74 Å². The molecule has 1 aliphatic heterocycles.